The van der Waals surface area contributed by atoms with E-state index < -0.39 is 5.97 Å². The molecule has 1 saturated heterocycles. The smallest absolute Gasteiger partial charge is 0.341 e. The number of rotatable bonds is 7. The summed E-state index contributed by atoms with van der Waals surface area (Å²) in [4.78, 5) is 14.5. The number of phenolic OH excluding ortho intramolecular Hbond substituents is 2. The number of nitrogens with zero attached hydrogens (tertiary/aromatic N) is 1. The highest BCUT2D eigenvalue weighted by Crippen LogP contribution is 2.32. The SMILES string of the molecule is O=C(OCCN1CCCCC1)c1ccc(NCc2cc(Cl)cc(Cl)c2O)cc1O. The van der Waals surface area contributed by atoms with Gasteiger partial charge < -0.3 is 20.3 Å². The summed E-state index contributed by atoms with van der Waals surface area (Å²) in [5.41, 5.74) is 1.20. The molecular weight excluding hydrogens is 415 g/mol. The quantitative estimate of drug-likeness (QED) is 0.545. The van der Waals surface area contributed by atoms with Gasteiger partial charge in [0.2, 0.25) is 0 Å². The number of carbonyl (C=O) groups excluding carboxylic acids is 1. The highest BCUT2D eigenvalue weighted by atomic mass is 35.5. The molecule has 1 aliphatic rings. The van der Waals surface area contributed by atoms with Crippen molar-refractivity contribution in [2.45, 2.75) is 25.8 Å². The maximum atomic E-state index is 12.2. The third-order valence-corrected chi connectivity index (χ3v) is 5.40. The summed E-state index contributed by atoms with van der Waals surface area (Å²) >= 11 is 11.9. The molecular formula is C21H24Cl2N2O4. The molecule has 0 spiro atoms. The second-order valence-electron chi connectivity index (χ2n) is 7.02. The largest absolute Gasteiger partial charge is 0.507 e. The summed E-state index contributed by atoms with van der Waals surface area (Å²) in [6, 6.07) is 7.66. The van der Waals surface area contributed by atoms with Gasteiger partial charge in [-0.1, -0.05) is 29.6 Å². The van der Waals surface area contributed by atoms with Gasteiger partial charge in [-0.25, -0.2) is 4.79 Å². The van der Waals surface area contributed by atoms with Crippen molar-refractivity contribution in [3.8, 4) is 11.5 Å². The molecule has 156 valence electrons. The Labute approximate surface area is 180 Å². The molecule has 0 atom stereocenters. The van der Waals surface area contributed by atoms with Crippen molar-refractivity contribution in [3.05, 3.63) is 51.5 Å². The molecule has 8 heteroatoms. The van der Waals surface area contributed by atoms with Crippen LogP contribution in [0.15, 0.2) is 30.3 Å². The predicted octanol–water partition coefficient (Wildman–Crippen LogP) is 4.66. The number of likely N-dealkylation sites (tertiary alicyclic amines) is 1. The number of aromatic hydroxyl groups is 2. The van der Waals surface area contributed by atoms with E-state index in [4.69, 9.17) is 27.9 Å². The third-order valence-electron chi connectivity index (χ3n) is 4.90. The van der Waals surface area contributed by atoms with Gasteiger partial charge in [0.15, 0.2) is 0 Å². The number of halogens is 2. The Bertz CT molecular complexity index is 870. The second-order valence-corrected chi connectivity index (χ2v) is 7.86. The Kier molecular flexibility index (Phi) is 7.47. The van der Waals surface area contributed by atoms with Crippen molar-refractivity contribution in [1.29, 1.82) is 0 Å². The van der Waals surface area contributed by atoms with Crippen LogP contribution in [0.4, 0.5) is 5.69 Å². The van der Waals surface area contributed by atoms with E-state index in [1.165, 1.54) is 37.5 Å². The summed E-state index contributed by atoms with van der Waals surface area (Å²) in [5, 5.41) is 23.8. The molecule has 1 aliphatic heterocycles. The molecule has 2 aromatic rings. The number of anilines is 1. The molecule has 29 heavy (non-hydrogen) atoms. The fraction of sp³-hybridized carbons (Fsp3) is 0.381. The number of hydrogen-bond donors (Lipinski definition) is 3. The van der Waals surface area contributed by atoms with Crippen LogP contribution in [0.25, 0.3) is 0 Å². The first-order chi connectivity index (χ1) is 13.9. The monoisotopic (exact) mass is 438 g/mol. The van der Waals surface area contributed by atoms with Crippen LogP contribution in [-0.2, 0) is 11.3 Å². The van der Waals surface area contributed by atoms with E-state index >= 15 is 0 Å². The van der Waals surface area contributed by atoms with Crippen LogP contribution in [-0.4, -0.2) is 47.3 Å². The molecule has 2 aromatic carbocycles. The highest BCUT2D eigenvalue weighted by molar-refractivity contribution is 6.35. The molecule has 0 saturated carbocycles. The molecule has 3 N–H and O–H groups in total. The lowest BCUT2D eigenvalue weighted by Gasteiger charge is -2.25. The van der Waals surface area contributed by atoms with Gasteiger partial charge in [0.1, 0.15) is 23.7 Å². The topological polar surface area (TPSA) is 82.0 Å². The zero-order chi connectivity index (χ0) is 20.8. The first-order valence-electron chi connectivity index (χ1n) is 9.57. The van der Waals surface area contributed by atoms with Crippen LogP contribution in [0.1, 0.15) is 35.2 Å². The number of hydrogen-bond acceptors (Lipinski definition) is 6. The van der Waals surface area contributed by atoms with Crippen LogP contribution < -0.4 is 5.32 Å². The lowest BCUT2D eigenvalue weighted by atomic mass is 10.1. The van der Waals surface area contributed by atoms with Gasteiger partial charge in [-0.2, -0.15) is 0 Å². The van der Waals surface area contributed by atoms with Gasteiger partial charge in [-0.3, -0.25) is 4.90 Å². The summed E-state index contributed by atoms with van der Waals surface area (Å²) < 4.78 is 5.30. The Balaban J connectivity index is 1.54. The molecule has 0 bridgehead atoms. The maximum Gasteiger partial charge on any atom is 0.341 e. The van der Waals surface area contributed by atoms with E-state index in [0.717, 1.165) is 13.1 Å². The summed E-state index contributed by atoms with van der Waals surface area (Å²) in [5.74, 6) is -0.779. The third kappa shape index (κ3) is 5.92. The molecule has 0 unspecified atom stereocenters. The lowest BCUT2D eigenvalue weighted by Crippen LogP contribution is -2.33. The molecule has 0 amide bonds. The second kappa shape index (κ2) is 10.1. The van der Waals surface area contributed by atoms with Crippen molar-refractivity contribution in [1.82, 2.24) is 4.90 Å². The molecule has 0 radical (unpaired) electrons. The van der Waals surface area contributed by atoms with Gasteiger partial charge in [0.05, 0.1) is 5.02 Å². The fourth-order valence-corrected chi connectivity index (χ4v) is 3.83. The Morgan fingerprint density at radius 2 is 1.86 bits per heavy atom. The van der Waals surface area contributed by atoms with Crippen molar-refractivity contribution >= 4 is 34.9 Å². The Hall–Kier alpha value is -2.15. The molecule has 1 heterocycles. The average molecular weight is 439 g/mol. The van der Waals surface area contributed by atoms with Crippen LogP contribution in [0, 0.1) is 0 Å². The van der Waals surface area contributed by atoms with E-state index in [0.29, 0.717) is 29.4 Å². The van der Waals surface area contributed by atoms with Gasteiger partial charge in [0.25, 0.3) is 0 Å². The number of esters is 1. The molecule has 1 fully saturated rings. The minimum Gasteiger partial charge on any atom is -0.507 e. The zero-order valence-electron chi connectivity index (χ0n) is 16.0. The van der Waals surface area contributed by atoms with Crippen molar-refractivity contribution in [2.24, 2.45) is 0 Å². The van der Waals surface area contributed by atoms with Crippen LogP contribution in [0.2, 0.25) is 10.0 Å². The summed E-state index contributed by atoms with van der Waals surface area (Å²) in [6.07, 6.45) is 3.62. The van der Waals surface area contributed by atoms with Crippen LogP contribution in [0.3, 0.4) is 0 Å². The normalized spacial score (nSPS) is 14.6. The molecule has 3 rings (SSSR count). The minimum atomic E-state index is -0.551. The van der Waals surface area contributed by atoms with E-state index in [2.05, 4.69) is 10.2 Å². The van der Waals surface area contributed by atoms with Gasteiger partial charge in [-0.15, -0.1) is 0 Å². The Morgan fingerprint density at radius 3 is 2.59 bits per heavy atom. The minimum absolute atomic E-state index is 0.0540. The summed E-state index contributed by atoms with van der Waals surface area (Å²) in [7, 11) is 0. The van der Waals surface area contributed by atoms with Gasteiger partial charge in [0, 0.05) is 35.4 Å². The van der Waals surface area contributed by atoms with E-state index in [9.17, 15) is 15.0 Å². The number of piperidine rings is 1. The predicted molar refractivity (Wildman–Crippen MR) is 114 cm³/mol. The summed E-state index contributed by atoms with van der Waals surface area (Å²) in [6.45, 7) is 3.32. The first kappa shape index (κ1) is 21.6. The Morgan fingerprint density at radius 1 is 1.10 bits per heavy atom. The van der Waals surface area contributed by atoms with Gasteiger partial charge >= 0.3 is 5.97 Å². The fourth-order valence-electron chi connectivity index (χ4n) is 3.29. The van der Waals surface area contributed by atoms with Gasteiger partial charge in [-0.05, 0) is 50.2 Å². The highest BCUT2D eigenvalue weighted by Gasteiger charge is 2.15. The van der Waals surface area contributed by atoms with Crippen molar-refractivity contribution < 1.29 is 19.7 Å². The number of carbonyl (C=O) groups is 1. The maximum absolute atomic E-state index is 12.2. The number of nitrogens with one attached hydrogen (secondary N) is 1. The van der Waals surface area contributed by atoms with E-state index in [1.807, 2.05) is 0 Å². The standard InChI is InChI=1S/C21H24Cl2N2O4/c22-15-10-14(20(27)18(23)11-15)13-24-16-4-5-17(19(26)12-16)21(28)29-9-8-25-6-2-1-3-7-25/h4-5,10-12,24,26-27H,1-3,6-9,13H2. The lowest BCUT2D eigenvalue weighted by molar-refractivity contribution is 0.0449. The van der Waals surface area contributed by atoms with Crippen molar-refractivity contribution in [2.75, 3.05) is 31.6 Å². The average Bonchev–Trinajstić information content (AvgIpc) is 2.70. The van der Waals surface area contributed by atoms with Crippen LogP contribution in [0.5, 0.6) is 11.5 Å². The first-order valence-corrected chi connectivity index (χ1v) is 10.3. The molecule has 0 aromatic heterocycles. The van der Waals surface area contributed by atoms with Crippen molar-refractivity contribution in [3.63, 3.8) is 0 Å². The van der Waals surface area contributed by atoms with E-state index in [-0.39, 0.29) is 28.6 Å². The molecule has 0 aliphatic carbocycles. The molecule has 6 nitrogen and oxygen atoms in total. The van der Waals surface area contributed by atoms with E-state index in [1.54, 1.807) is 12.1 Å². The van der Waals surface area contributed by atoms with Crippen LogP contribution >= 0.6 is 23.2 Å². The zero-order valence-corrected chi connectivity index (χ0v) is 17.5. The number of ether oxygens (including phenoxy) is 1. The number of phenols is 2. The number of benzene rings is 2.